The predicted octanol–water partition coefficient (Wildman–Crippen LogP) is 2.16. The van der Waals surface area contributed by atoms with Crippen molar-refractivity contribution in [3.63, 3.8) is 0 Å². The van der Waals surface area contributed by atoms with Gasteiger partial charge in [0, 0.05) is 32.2 Å². The molecule has 0 radical (unpaired) electrons. The maximum atomic E-state index is 12.7. The molecule has 1 amide bonds. The zero-order valence-electron chi connectivity index (χ0n) is 13.9. The number of nitrogens with zero attached hydrogens (tertiary/aromatic N) is 4. The highest BCUT2D eigenvalue weighted by molar-refractivity contribution is 6.99. The molecular weight excluding hydrogens is 320 g/mol. The molecule has 0 atom stereocenters. The van der Waals surface area contributed by atoms with Crippen molar-refractivity contribution in [2.24, 2.45) is 0 Å². The van der Waals surface area contributed by atoms with Gasteiger partial charge in [-0.25, -0.2) is 0 Å². The van der Waals surface area contributed by atoms with Crippen molar-refractivity contribution in [2.75, 3.05) is 26.2 Å². The molecule has 0 saturated carbocycles. The Morgan fingerprint density at radius 2 is 1.83 bits per heavy atom. The lowest BCUT2D eigenvalue weighted by molar-refractivity contribution is 0.0752. The van der Waals surface area contributed by atoms with Gasteiger partial charge < -0.3 is 4.90 Å². The highest BCUT2D eigenvalue weighted by Crippen LogP contribution is 2.26. The lowest BCUT2D eigenvalue weighted by atomic mass is 10.1. The molecule has 2 heterocycles. The number of aromatic nitrogens is 2. The number of fused-ring (bicyclic) bond motifs is 1. The first kappa shape index (κ1) is 15.7. The van der Waals surface area contributed by atoms with E-state index in [1.807, 2.05) is 11.8 Å². The number of rotatable bonds is 2. The lowest BCUT2D eigenvalue weighted by Crippen LogP contribution is -2.40. The maximum absolute atomic E-state index is 12.7. The third-order valence-corrected chi connectivity index (χ3v) is 5.84. The first-order valence-electron chi connectivity index (χ1n) is 8.61. The topological polar surface area (TPSA) is 49.3 Å². The van der Waals surface area contributed by atoms with E-state index in [0.29, 0.717) is 11.7 Å². The molecule has 0 N–H and O–H groups in total. The largest absolute Gasteiger partial charge is 0.336 e. The van der Waals surface area contributed by atoms with E-state index in [9.17, 15) is 4.79 Å². The Kier molecular flexibility index (Phi) is 4.33. The van der Waals surface area contributed by atoms with Gasteiger partial charge in [-0.05, 0) is 37.3 Å². The average molecular weight is 342 g/mol. The van der Waals surface area contributed by atoms with Gasteiger partial charge in [0.25, 0.3) is 5.91 Å². The fraction of sp³-hybridized carbons (Fsp3) is 0.500. The van der Waals surface area contributed by atoms with Crippen molar-refractivity contribution >= 4 is 17.6 Å². The SMILES string of the molecule is Cc1nsnc1C(=O)N1CCCN(C2Cc3ccccc3C2)CC1. The Morgan fingerprint density at radius 3 is 2.50 bits per heavy atom. The summed E-state index contributed by atoms with van der Waals surface area (Å²) in [4.78, 5) is 17.2. The molecule has 5 nitrogen and oxygen atoms in total. The van der Waals surface area contributed by atoms with E-state index in [2.05, 4.69) is 37.9 Å². The quantitative estimate of drug-likeness (QED) is 0.839. The van der Waals surface area contributed by atoms with Gasteiger partial charge >= 0.3 is 0 Å². The summed E-state index contributed by atoms with van der Waals surface area (Å²) in [5.41, 5.74) is 4.26. The first-order chi connectivity index (χ1) is 11.7. The predicted molar refractivity (Wildman–Crippen MR) is 94.4 cm³/mol. The second kappa shape index (κ2) is 6.61. The Morgan fingerprint density at radius 1 is 1.08 bits per heavy atom. The van der Waals surface area contributed by atoms with Gasteiger partial charge in [0.05, 0.1) is 17.4 Å². The Bertz CT molecular complexity index is 719. The molecular formula is C18H22N4OS. The van der Waals surface area contributed by atoms with Crippen LogP contribution in [0.2, 0.25) is 0 Å². The Balaban J connectivity index is 1.41. The fourth-order valence-corrected chi connectivity index (χ4v) is 4.42. The van der Waals surface area contributed by atoms with Gasteiger partial charge in [0.1, 0.15) is 0 Å². The van der Waals surface area contributed by atoms with Gasteiger partial charge in [-0.3, -0.25) is 9.69 Å². The smallest absolute Gasteiger partial charge is 0.275 e. The highest BCUT2D eigenvalue weighted by atomic mass is 32.1. The third-order valence-electron chi connectivity index (χ3n) is 5.22. The summed E-state index contributed by atoms with van der Waals surface area (Å²) >= 11 is 1.12. The minimum Gasteiger partial charge on any atom is -0.336 e. The zero-order valence-corrected chi connectivity index (χ0v) is 14.8. The maximum Gasteiger partial charge on any atom is 0.275 e. The summed E-state index contributed by atoms with van der Waals surface area (Å²) in [6.07, 6.45) is 3.30. The van der Waals surface area contributed by atoms with Crippen molar-refractivity contribution < 1.29 is 4.79 Å². The van der Waals surface area contributed by atoms with E-state index in [4.69, 9.17) is 0 Å². The van der Waals surface area contributed by atoms with Gasteiger partial charge in [0.15, 0.2) is 5.69 Å². The minimum atomic E-state index is 0.0396. The minimum absolute atomic E-state index is 0.0396. The molecule has 2 aliphatic rings. The van der Waals surface area contributed by atoms with Crippen LogP contribution in [0.4, 0.5) is 0 Å². The Labute approximate surface area is 146 Å². The molecule has 0 spiro atoms. The van der Waals surface area contributed by atoms with Crippen LogP contribution in [0, 0.1) is 6.92 Å². The summed E-state index contributed by atoms with van der Waals surface area (Å²) in [5.74, 6) is 0.0396. The Hall–Kier alpha value is -1.79. The number of aryl methyl sites for hydroxylation is 1. The lowest BCUT2D eigenvalue weighted by Gasteiger charge is -2.27. The molecule has 0 unspecified atom stereocenters. The molecule has 6 heteroatoms. The van der Waals surface area contributed by atoms with E-state index in [0.717, 1.165) is 62.9 Å². The van der Waals surface area contributed by atoms with Gasteiger partial charge in [0.2, 0.25) is 0 Å². The molecule has 1 aliphatic carbocycles. The number of benzene rings is 1. The van der Waals surface area contributed by atoms with Crippen LogP contribution in [-0.2, 0) is 12.8 Å². The van der Waals surface area contributed by atoms with E-state index in [-0.39, 0.29) is 5.91 Å². The second-order valence-corrected chi connectivity index (χ2v) is 7.24. The van der Waals surface area contributed by atoms with Crippen LogP contribution in [0.25, 0.3) is 0 Å². The standard InChI is InChI=1S/C18H22N4OS/c1-13-17(20-24-19-13)18(23)22-8-4-7-21(9-10-22)16-11-14-5-2-3-6-15(14)12-16/h2-3,5-6,16H,4,7-12H2,1H3. The molecule has 4 rings (SSSR count). The summed E-state index contributed by atoms with van der Waals surface area (Å²) in [7, 11) is 0. The number of carbonyl (C=O) groups is 1. The molecule has 126 valence electrons. The molecule has 1 aromatic heterocycles. The van der Waals surface area contributed by atoms with Gasteiger partial charge in [-0.1, -0.05) is 24.3 Å². The first-order valence-corrected chi connectivity index (χ1v) is 9.34. The summed E-state index contributed by atoms with van der Waals surface area (Å²) in [5, 5.41) is 0. The van der Waals surface area contributed by atoms with Crippen LogP contribution < -0.4 is 0 Å². The molecule has 0 bridgehead atoms. The van der Waals surface area contributed by atoms with Crippen molar-refractivity contribution in [1.29, 1.82) is 0 Å². The van der Waals surface area contributed by atoms with Crippen LogP contribution in [0.3, 0.4) is 0 Å². The summed E-state index contributed by atoms with van der Waals surface area (Å²) in [6, 6.07) is 9.35. The molecule has 2 aromatic rings. The van der Waals surface area contributed by atoms with Crippen LogP contribution in [-0.4, -0.2) is 56.7 Å². The van der Waals surface area contributed by atoms with Gasteiger partial charge in [-0.2, -0.15) is 8.75 Å². The van der Waals surface area contributed by atoms with Crippen LogP contribution in [0.1, 0.15) is 33.7 Å². The number of amides is 1. The average Bonchev–Trinajstić information content (AvgIpc) is 3.13. The van der Waals surface area contributed by atoms with E-state index < -0.39 is 0 Å². The third kappa shape index (κ3) is 2.96. The second-order valence-electron chi connectivity index (χ2n) is 6.71. The molecule has 24 heavy (non-hydrogen) atoms. The van der Waals surface area contributed by atoms with Crippen molar-refractivity contribution in [3.05, 3.63) is 46.8 Å². The molecule has 1 aromatic carbocycles. The number of hydrogen-bond donors (Lipinski definition) is 0. The van der Waals surface area contributed by atoms with Crippen LogP contribution in [0.15, 0.2) is 24.3 Å². The molecule has 1 aliphatic heterocycles. The van der Waals surface area contributed by atoms with Crippen molar-refractivity contribution in [1.82, 2.24) is 18.5 Å². The van der Waals surface area contributed by atoms with E-state index in [1.165, 1.54) is 11.1 Å². The van der Waals surface area contributed by atoms with E-state index in [1.54, 1.807) is 0 Å². The van der Waals surface area contributed by atoms with Crippen molar-refractivity contribution in [3.8, 4) is 0 Å². The normalized spacial score (nSPS) is 19.3. The van der Waals surface area contributed by atoms with Crippen LogP contribution >= 0.6 is 11.7 Å². The summed E-state index contributed by atoms with van der Waals surface area (Å²) in [6.45, 7) is 5.46. The molecule has 1 fully saturated rings. The van der Waals surface area contributed by atoms with Gasteiger partial charge in [-0.15, -0.1) is 0 Å². The number of hydrogen-bond acceptors (Lipinski definition) is 5. The number of carbonyl (C=O) groups excluding carboxylic acids is 1. The summed E-state index contributed by atoms with van der Waals surface area (Å²) < 4.78 is 8.30. The van der Waals surface area contributed by atoms with Crippen molar-refractivity contribution in [2.45, 2.75) is 32.2 Å². The van der Waals surface area contributed by atoms with E-state index >= 15 is 0 Å². The zero-order chi connectivity index (χ0) is 16.5. The highest BCUT2D eigenvalue weighted by Gasteiger charge is 2.29. The monoisotopic (exact) mass is 342 g/mol. The molecule has 1 saturated heterocycles. The van der Waals surface area contributed by atoms with Crippen LogP contribution in [0.5, 0.6) is 0 Å². The fourth-order valence-electron chi connectivity index (χ4n) is 3.87.